The van der Waals surface area contributed by atoms with Crippen LogP contribution < -0.4 is 9.47 Å². The van der Waals surface area contributed by atoms with Crippen molar-refractivity contribution in [3.05, 3.63) is 59.4 Å². The van der Waals surface area contributed by atoms with E-state index >= 15 is 0 Å². The van der Waals surface area contributed by atoms with Crippen molar-refractivity contribution in [3.63, 3.8) is 0 Å². The topological polar surface area (TPSA) is 57.7 Å². The third kappa shape index (κ3) is 3.51. The molecular weight excluding hydrogens is 294 g/mol. The van der Waals surface area contributed by atoms with E-state index in [4.69, 9.17) is 14.2 Å². The molecule has 0 fully saturated rings. The number of rotatable bonds is 5. The summed E-state index contributed by atoms with van der Waals surface area (Å²) in [5, 5.41) is 0. The maximum atomic E-state index is 12.2. The highest BCUT2D eigenvalue weighted by molar-refractivity contribution is 5.95. The van der Waals surface area contributed by atoms with Crippen molar-refractivity contribution in [2.24, 2.45) is 0 Å². The van der Waals surface area contributed by atoms with Gasteiger partial charge in [0.1, 0.15) is 13.2 Å². The lowest BCUT2D eigenvalue weighted by Crippen LogP contribution is -2.18. The minimum atomic E-state index is -0.400. The Morgan fingerprint density at radius 2 is 2.17 bits per heavy atom. The molecule has 0 radical (unpaired) electrons. The van der Waals surface area contributed by atoms with E-state index in [-0.39, 0.29) is 13.2 Å². The van der Waals surface area contributed by atoms with Crippen LogP contribution in [0.1, 0.15) is 18.2 Å². The molecule has 0 bridgehead atoms. The molecule has 118 valence electrons. The van der Waals surface area contributed by atoms with Gasteiger partial charge in [-0.25, -0.2) is 4.79 Å². The van der Waals surface area contributed by atoms with E-state index in [1.807, 2.05) is 43.3 Å². The van der Waals surface area contributed by atoms with Gasteiger partial charge in [0.2, 0.25) is 0 Å². The van der Waals surface area contributed by atoms with Gasteiger partial charge in [-0.15, -0.1) is 0 Å². The molecule has 1 aromatic heterocycles. The normalized spacial score (nSPS) is 12.7. The zero-order valence-corrected chi connectivity index (χ0v) is 12.8. The third-order valence-electron chi connectivity index (χ3n) is 3.35. The van der Waals surface area contributed by atoms with Gasteiger partial charge >= 0.3 is 5.97 Å². The Labute approximate surface area is 134 Å². The summed E-state index contributed by atoms with van der Waals surface area (Å²) in [7, 11) is 0. The molecule has 2 heterocycles. The second-order valence-corrected chi connectivity index (χ2v) is 4.96. The molecule has 1 aliphatic rings. The van der Waals surface area contributed by atoms with Crippen LogP contribution in [-0.2, 0) is 16.1 Å². The Morgan fingerprint density at radius 1 is 1.26 bits per heavy atom. The van der Waals surface area contributed by atoms with Crippen LogP contribution in [0.15, 0.2) is 48.2 Å². The zero-order valence-electron chi connectivity index (χ0n) is 12.8. The van der Waals surface area contributed by atoms with Crippen LogP contribution in [0.3, 0.4) is 0 Å². The summed E-state index contributed by atoms with van der Waals surface area (Å²) in [6.45, 7) is 2.78. The van der Waals surface area contributed by atoms with Crippen LogP contribution in [0, 0.1) is 0 Å². The molecule has 0 aliphatic carbocycles. The molecule has 5 nitrogen and oxygen atoms in total. The van der Waals surface area contributed by atoms with Gasteiger partial charge in [-0.1, -0.05) is 18.2 Å². The average molecular weight is 311 g/mol. The van der Waals surface area contributed by atoms with Crippen molar-refractivity contribution in [2.45, 2.75) is 13.5 Å². The second-order valence-electron chi connectivity index (χ2n) is 4.96. The highest BCUT2D eigenvalue weighted by Gasteiger charge is 2.21. The summed E-state index contributed by atoms with van der Waals surface area (Å²) in [5.41, 5.74) is 1.99. The molecule has 3 rings (SSSR count). The maximum absolute atomic E-state index is 12.2. The molecule has 0 saturated carbocycles. The zero-order chi connectivity index (χ0) is 16.1. The minimum absolute atomic E-state index is 0.142. The maximum Gasteiger partial charge on any atom is 0.337 e. The Kier molecular flexibility index (Phi) is 4.57. The van der Waals surface area contributed by atoms with Crippen molar-refractivity contribution in [1.82, 2.24) is 4.98 Å². The van der Waals surface area contributed by atoms with Crippen LogP contribution in [-0.4, -0.2) is 24.2 Å². The van der Waals surface area contributed by atoms with E-state index in [1.54, 1.807) is 12.3 Å². The number of carbonyl (C=O) groups excluding carboxylic acids is 1. The van der Waals surface area contributed by atoms with Crippen molar-refractivity contribution >= 4 is 12.0 Å². The van der Waals surface area contributed by atoms with E-state index < -0.39 is 5.97 Å². The molecule has 0 saturated heterocycles. The molecule has 23 heavy (non-hydrogen) atoms. The number of ether oxygens (including phenoxy) is 3. The monoisotopic (exact) mass is 311 g/mol. The lowest BCUT2D eigenvalue weighted by atomic mass is 10.1. The summed E-state index contributed by atoms with van der Waals surface area (Å²) in [4.78, 5) is 16.3. The van der Waals surface area contributed by atoms with E-state index in [9.17, 15) is 4.79 Å². The molecule has 0 amide bonds. The average Bonchev–Trinajstić information content (AvgIpc) is 2.60. The summed E-state index contributed by atoms with van der Waals surface area (Å²) < 4.78 is 16.5. The van der Waals surface area contributed by atoms with Gasteiger partial charge in [0, 0.05) is 11.8 Å². The molecule has 5 heteroatoms. The first-order chi connectivity index (χ1) is 11.3. The van der Waals surface area contributed by atoms with Gasteiger partial charge in [-0.3, -0.25) is 4.98 Å². The van der Waals surface area contributed by atoms with Crippen LogP contribution >= 0.6 is 0 Å². The van der Waals surface area contributed by atoms with E-state index in [1.165, 1.54) is 0 Å². The van der Waals surface area contributed by atoms with Gasteiger partial charge in [-0.05, 0) is 31.2 Å². The Bertz CT molecular complexity index is 725. The lowest BCUT2D eigenvalue weighted by Gasteiger charge is -2.19. The first-order valence-corrected chi connectivity index (χ1v) is 7.44. The molecule has 1 aromatic carbocycles. The number of esters is 1. The van der Waals surface area contributed by atoms with Gasteiger partial charge in [0.25, 0.3) is 0 Å². The molecule has 0 N–H and O–H groups in total. The molecule has 1 aliphatic heterocycles. The summed E-state index contributed by atoms with van der Waals surface area (Å²) >= 11 is 0. The lowest BCUT2D eigenvalue weighted by molar-refractivity contribution is -0.140. The number of benzene rings is 1. The van der Waals surface area contributed by atoms with Crippen LogP contribution in [0.5, 0.6) is 11.5 Å². The summed E-state index contributed by atoms with van der Waals surface area (Å²) in [6.07, 6.45) is 3.44. The summed E-state index contributed by atoms with van der Waals surface area (Å²) in [5.74, 6) is 0.945. The highest BCUT2D eigenvalue weighted by atomic mass is 16.5. The van der Waals surface area contributed by atoms with E-state index in [0.29, 0.717) is 29.4 Å². The standard InChI is InChI=1S/C18H17NO4/c1-2-21-16-8-5-6-13-10-14(11-22-17(13)16)18(20)23-12-15-7-3-4-9-19-15/h3-10H,2,11-12H2,1H3. The van der Waals surface area contributed by atoms with E-state index in [0.717, 1.165) is 5.56 Å². The quantitative estimate of drug-likeness (QED) is 0.795. The number of pyridine rings is 1. The first-order valence-electron chi connectivity index (χ1n) is 7.44. The van der Waals surface area contributed by atoms with Crippen molar-refractivity contribution in [1.29, 1.82) is 0 Å². The fourth-order valence-corrected chi connectivity index (χ4v) is 2.28. The van der Waals surface area contributed by atoms with Gasteiger partial charge in [0.15, 0.2) is 11.5 Å². The Hall–Kier alpha value is -2.82. The molecule has 0 spiro atoms. The SMILES string of the molecule is CCOc1cccc2c1OCC(C(=O)OCc1ccccn1)=C2. The number of hydrogen-bond acceptors (Lipinski definition) is 5. The predicted octanol–water partition coefficient (Wildman–Crippen LogP) is 3.00. The minimum Gasteiger partial charge on any atom is -0.490 e. The molecular formula is C18H17NO4. The fourth-order valence-electron chi connectivity index (χ4n) is 2.28. The number of fused-ring (bicyclic) bond motifs is 1. The number of carbonyl (C=O) groups is 1. The first kappa shape index (κ1) is 15.1. The third-order valence-corrected chi connectivity index (χ3v) is 3.35. The van der Waals surface area contributed by atoms with Crippen molar-refractivity contribution in [3.8, 4) is 11.5 Å². The highest BCUT2D eigenvalue weighted by Crippen LogP contribution is 2.35. The molecule has 0 unspecified atom stereocenters. The van der Waals surface area contributed by atoms with Gasteiger partial charge in [0.05, 0.1) is 17.9 Å². The summed E-state index contributed by atoms with van der Waals surface area (Å²) in [6, 6.07) is 11.1. The Balaban J connectivity index is 1.71. The van der Waals surface area contributed by atoms with Crippen LogP contribution in [0.4, 0.5) is 0 Å². The number of aromatic nitrogens is 1. The van der Waals surface area contributed by atoms with Gasteiger partial charge < -0.3 is 14.2 Å². The fraction of sp³-hybridized carbons (Fsp3) is 0.222. The number of para-hydroxylation sites is 1. The van der Waals surface area contributed by atoms with E-state index in [2.05, 4.69) is 4.98 Å². The number of hydrogen-bond donors (Lipinski definition) is 0. The van der Waals surface area contributed by atoms with Crippen molar-refractivity contribution in [2.75, 3.05) is 13.2 Å². The van der Waals surface area contributed by atoms with Crippen LogP contribution in [0.25, 0.3) is 6.08 Å². The Morgan fingerprint density at radius 3 is 2.96 bits per heavy atom. The molecule has 0 atom stereocenters. The molecule has 2 aromatic rings. The number of nitrogens with zero attached hydrogens (tertiary/aromatic N) is 1. The van der Waals surface area contributed by atoms with Crippen LogP contribution in [0.2, 0.25) is 0 Å². The second kappa shape index (κ2) is 6.96. The van der Waals surface area contributed by atoms with Gasteiger partial charge in [-0.2, -0.15) is 0 Å². The van der Waals surface area contributed by atoms with Crippen molar-refractivity contribution < 1.29 is 19.0 Å². The smallest absolute Gasteiger partial charge is 0.337 e. The largest absolute Gasteiger partial charge is 0.490 e. The predicted molar refractivity (Wildman–Crippen MR) is 85.1 cm³/mol.